The minimum absolute atomic E-state index is 0.0619. The lowest BCUT2D eigenvalue weighted by atomic mass is 9.73. The molecule has 6 nitrogen and oxygen atoms in total. The van der Waals surface area contributed by atoms with E-state index in [1.54, 1.807) is 0 Å². The van der Waals surface area contributed by atoms with E-state index in [9.17, 15) is 14.4 Å². The van der Waals surface area contributed by atoms with E-state index in [1.807, 2.05) is 61.5 Å². The molecule has 1 spiro atoms. The monoisotopic (exact) mass is 406 g/mol. The SMILES string of the molecule is C[C@H]1CCCC[C@]12NC(=O)N(CC(=O)OCc1ccc(-c3ccccc3)cc1)C2=O. The first-order valence-electron chi connectivity index (χ1n) is 10.4. The molecule has 3 amide bonds. The fourth-order valence-corrected chi connectivity index (χ4v) is 4.40. The van der Waals surface area contributed by atoms with E-state index in [-0.39, 0.29) is 25.0 Å². The predicted molar refractivity (Wildman–Crippen MR) is 112 cm³/mol. The molecule has 2 aromatic rings. The molecule has 30 heavy (non-hydrogen) atoms. The second-order valence-corrected chi connectivity index (χ2v) is 8.16. The number of nitrogens with zero attached hydrogens (tertiary/aromatic N) is 1. The molecular weight excluding hydrogens is 380 g/mol. The van der Waals surface area contributed by atoms with Crippen molar-refractivity contribution in [2.24, 2.45) is 5.92 Å². The quantitative estimate of drug-likeness (QED) is 0.604. The summed E-state index contributed by atoms with van der Waals surface area (Å²) in [5.41, 5.74) is 2.18. The summed E-state index contributed by atoms with van der Waals surface area (Å²) >= 11 is 0. The number of amides is 3. The smallest absolute Gasteiger partial charge is 0.326 e. The molecule has 1 saturated heterocycles. The van der Waals surface area contributed by atoms with E-state index in [2.05, 4.69) is 5.32 Å². The number of carbonyl (C=O) groups excluding carboxylic acids is 3. The van der Waals surface area contributed by atoms with E-state index < -0.39 is 17.5 Å². The largest absolute Gasteiger partial charge is 0.459 e. The number of hydrogen-bond acceptors (Lipinski definition) is 4. The first-order valence-corrected chi connectivity index (χ1v) is 10.4. The predicted octanol–water partition coefficient (Wildman–Crippen LogP) is 3.90. The van der Waals surface area contributed by atoms with Crippen molar-refractivity contribution >= 4 is 17.9 Å². The van der Waals surface area contributed by atoms with Crippen molar-refractivity contribution in [1.29, 1.82) is 0 Å². The molecule has 0 bridgehead atoms. The normalized spacial score (nSPS) is 23.5. The van der Waals surface area contributed by atoms with Gasteiger partial charge in [-0.1, -0.05) is 74.4 Å². The number of esters is 1. The van der Waals surface area contributed by atoms with Crippen molar-refractivity contribution in [1.82, 2.24) is 10.2 Å². The average molecular weight is 406 g/mol. The minimum Gasteiger partial charge on any atom is -0.459 e. The molecule has 0 aromatic heterocycles. The summed E-state index contributed by atoms with van der Waals surface area (Å²) in [6, 6.07) is 17.3. The summed E-state index contributed by atoms with van der Waals surface area (Å²) in [4.78, 5) is 38.6. The molecular formula is C24H26N2O4. The molecule has 0 radical (unpaired) electrons. The van der Waals surface area contributed by atoms with Gasteiger partial charge in [0.25, 0.3) is 5.91 Å². The molecule has 6 heteroatoms. The number of benzene rings is 2. The van der Waals surface area contributed by atoms with Crippen LogP contribution < -0.4 is 5.32 Å². The Morgan fingerprint density at radius 2 is 1.77 bits per heavy atom. The van der Waals surface area contributed by atoms with Crippen molar-refractivity contribution in [3.63, 3.8) is 0 Å². The lowest BCUT2D eigenvalue weighted by Crippen LogP contribution is -2.54. The Labute approximate surface area is 176 Å². The second-order valence-electron chi connectivity index (χ2n) is 8.16. The van der Waals surface area contributed by atoms with Gasteiger partial charge < -0.3 is 10.1 Å². The van der Waals surface area contributed by atoms with Crippen molar-refractivity contribution in [2.45, 2.75) is 44.8 Å². The number of ether oxygens (including phenoxy) is 1. The Balaban J connectivity index is 1.34. The number of imide groups is 1. The zero-order valence-electron chi connectivity index (χ0n) is 17.1. The number of urea groups is 1. The lowest BCUT2D eigenvalue weighted by molar-refractivity contribution is -0.149. The third kappa shape index (κ3) is 3.82. The first kappa shape index (κ1) is 20.1. The Morgan fingerprint density at radius 3 is 2.47 bits per heavy atom. The molecule has 1 N–H and O–H groups in total. The van der Waals surface area contributed by atoms with Crippen LogP contribution in [0, 0.1) is 5.92 Å². The molecule has 0 unspecified atom stereocenters. The third-order valence-electron chi connectivity index (χ3n) is 6.25. The molecule has 1 heterocycles. The van der Waals surface area contributed by atoms with Gasteiger partial charge >= 0.3 is 12.0 Å². The molecule has 2 atom stereocenters. The maximum Gasteiger partial charge on any atom is 0.326 e. The van der Waals surface area contributed by atoms with Crippen LogP contribution in [0.1, 0.15) is 38.2 Å². The zero-order chi connectivity index (χ0) is 21.1. The number of hydrogen-bond donors (Lipinski definition) is 1. The standard InChI is InChI=1S/C24H26N2O4/c1-17-7-5-6-14-24(17)22(28)26(23(29)25-24)15-21(27)30-16-18-10-12-20(13-11-18)19-8-3-2-4-9-19/h2-4,8-13,17H,5-7,14-16H2,1H3,(H,25,29)/t17-,24-/m0/s1. The van der Waals surface area contributed by atoms with Crippen LogP contribution in [0.2, 0.25) is 0 Å². The maximum atomic E-state index is 12.9. The van der Waals surface area contributed by atoms with Gasteiger partial charge in [0.05, 0.1) is 0 Å². The molecule has 1 aliphatic carbocycles. The van der Waals surface area contributed by atoms with Gasteiger partial charge in [-0.15, -0.1) is 0 Å². The number of nitrogens with one attached hydrogen (secondary N) is 1. The van der Waals surface area contributed by atoms with Gasteiger partial charge in [-0.25, -0.2) is 4.79 Å². The van der Waals surface area contributed by atoms with Gasteiger partial charge in [0.15, 0.2) is 0 Å². The van der Waals surface area contributed by atoms with Gasteiger partial charge in [0.2, 0.25) is 0 Å². The van der Waals surface area contributed by atoms with Crippen molar-refractivity contribution in [3.8, 4) is 11.1 Å². The Morgan fingerprint density at radius 1 is 1.07 bits per heavy atom. The highest BCUT2D eigenvalue weighted by Gasteiger charge is 2.55. The molecule has 1 aliphatic heterocycles. The van der Waals surface area contributed by atoms with E-state index in [1.165, 1.54) is 0 Å². The molecule has 156 valence electrons. The highest BCUT2D eigenvalue weighted by Crippen LogP contribution is 2.38. The van der Waals surface area contributed by atoms with Crippen molar-refractivity contribution in [2.75, 3.05) is 6.54 Å². The summed E-state index contributed by atoms with van der Waals surface area (Å²) in [7, 11) is 0. The molecule has 2 aliphatic rings. The van der Waals surface area contributed by atoms with E-state index in [0.29, 0.717) is 6.42 Å². The maximum absolute atomic E-state index is 12.9. The molecule has 2 fully saturated rings. The highest BCUT2D eigenvalue weighted by molar-refractivity contribution is 6.08. The van der Waals surface area contributed by atoms with Gasteiger partial charge in [-0.3, -0.25) is 14.5 Å². The molecule has 2 aromatic carbocycles. The number of rotatable bonds is 5. The Hall–Kier alpha value is -3.15. The van der Waals surface area contributed by atoms with Crippen LogP contribution in [-0.4, -0.2) is 34.9 Å². The van der Waals surface area contributed by atoms with Gasteiger partial charge in [0, 0.05) is 0 Å². The summed E-state index contributed by atoms with van der Waals surface area (Å²) in [5.74, 6) is -0.832. The van der Waals surface area contributed by atoms with Crippen molar-refractivity contribution < 1.29 is 19.1 Å². The third-order valence-corrected chi connectivity index (χ3v) is 6.25. The van der Waals surface area contributed by atoms with E-state index in [0.717, 1.165) is 40.9 Å². The summed E-state index contributed by atoms with van der Waals surface area (Å²) < 4.78 is 5.32. The molecule has 4 rings (SSSR count). The van der Waals surface area contributed by atoms with Crippen LogP contribution in [0.25, 0.3) is 11.1 Å². The Kier molecular flexibility index (Phi) is 5.57. The fourth-order valence-electron chi connectivity index (χ4n) is 4.40. The summed E-state index contributed by atoms with van der Waals surface area (Å²) in [6.45, 7) is 1.72. The lowest BCUT2D eigenvalue weighted by Gasteiger charge is -2.36. The van der Waals surface area contributed by atoms with Gasteiger partial charge in [0.1, 0.15) is 18.7 Å². The van der Waals surface area contributed by atoms with Crippen LogP contribution in [0.4, 0.5) is 4.79 Å². The van der Waals surface area contributed by atoms with Crippen LogP contribution >= 0.6 is 0 Å². The van der Waals surface area contributed by atoms with Crippen LogP contribution in [-0.2, 0) is 20.9 Å². The summed E-state index contributed by atoms with van der Waals surface area (Å²) in [5, 5.41) is 2.85. The van der Waals surface area contributed by atoms with Crippen LogP contribution in [0.15, 0.2) is 54.6 Å². The van der Waals surface area contributed by atoms with Gasteiger partial charge in [-0.2, -0.15) is 0 Å². The second kappa shape index (κ2) is 8.30. The average Bonchev–Trinajstić information content (AvgIpc) is 3.00. The van der Waals surface area contributed by atoms with Crippen molar-refractivity contribution in [3.05, 3.63) is 60.2 Å². The van der Waals surface area contributed by atoms with Crippen LogP contribution in [0.5, 0.6) is 0 Å². The van der Waals surface area contributed by atoms with Gasteiger partial charge in [-0.05, 0) is 35.4 Å². The van der Waals surface area contributed by atoms with E-state index >= 15 is 0 Å². The minimum atomic E-state index is -0.858. The first-order chi connectivity index (χ1) is 14.5. The summed E-state index contributed by atoms with van der Waals surface area (Å²) in [6.07, 6.45) is 3.46. The number of carbonyl (C=O) groups is 3. The molecule has 1 saturated carbocycles. The van der Waals surface area contributed by atoms with E-state index in [4.69, 9.17) is 4.74 Å². The highest BCUT2D eigenvalue weighted by atomic mass is 16.5. The van der Waals surface area contributed by atoms with Crippen LogP contribution in [0.3, 0.4) is 0 Å². The fraction of sp³-hybridized carbons (Fsp3) is 0.375. The zero-order valence-corrected chi connectivity index (χ0v) is 17.1. The Bertz CT molecular complexity index is 941. The topological polar surface area (TPSA) is 75.7 Å².